The predicted molar refractivity (Wildman–Crippen MR) is 120 cm³/mol. The molecule has 1 fully saturated rings. The fourth-order valence-corrected chi connectivity index (χ4v) is 4.61. The zero-order valence-electron chi connectivity index (χ0n) is 16.7. The average molecular weight is 472 g/mol. The fourth-order valence-electron chi connectivity index (χ4n) is 3.02. The van der Waals surface area contributed by atoms with Crippen molar-refractivity contribution in [2.24, 2.45) is 0 Å². The molecule has 10 heteroatoms. The number of thiophene rings is 1. The van der Waals surface area contributed by atoms with Crippen LogP contribution in [0.15, 0.2) is 57.3 Å². The van der Waals surface area contributed by atoms with Crippen molar-refractivity contribution in [1.29, 1.82) is 0 Å². The number of hydrogen-bond donors (Lipinski definition) is 1. The Kier molecular flexibility index (Phi) is 6.81. The number of thioether (sulfide) groups is 1. The standard InChI is InChI=1S/C22H18FN3O4S2/c23-16-6-2-1-5-15(16)17-13-25-20(30-17)8-7-19(27)24-9-10-26-21(28)18(32-22(26)29)12-14-4-3-11-31-14/h1-6,11-13H,7-10H2,(H,24,27)/b18-12-. The van der Waals surface area contributed by atoms with E-state index in [0.29, 0.717) is 22.1 Å². The third-order valence-electron chi connectivity index (χ3n) is 4.61. The molecule has 4 rings (SSSR count). The summed E-state index contributed by atoms with van der Waals surface area (Å²) in [7, 11) is 0. The number of aryl methyl sites for hydroxylation is 1. The smallest absolute Gasteiger partial charge is 0.293 e. The Balaban J connectivity index is 1.23. The number of hydrogen-bond acceptors (Lipinski definition) is 7. The average Bonchev–Trinajstić information content (AvgIpc) is 3.51. The third-order valence-corrected chi connectivity index (χ3v) is 6.33. The first-order valence-corrected chi connectivity index (χ1v) is 11.5. The van der Waals surface area contributed by atoms with Gasteiger partial charge in [-0.25, -0.2) is 9.37 Å². The Bertz CT molecular complexity index is 1170. The number of carbonyl (C=O) groups excluding carboxylic acids is 3. The largest absolute Gasteiger partial charge is 0.441 e. The summed E-state index contributed by atoms with van der Waals surface area (Å²) < 4.78 is 19.4. The second-order valence-electron chi connectivity index (χ2n) is 6.80. The number of amides is 3. The van der Waals surface area contributed by atoms with Gasteiger partial charge in [0.25, 0.3) is 11.1 Å². The van der Waals surface area contributed by atoms with Crippen molar-refractivity contribution in [2.75, 3.05) is 13.1 Å². The van der Waals surface area contributed by atoms with Gasteiger partial charge in [0.1, 0.15) is 5.82 Å². The summed E-state index contributed by atoms with van der Waals surface area (Å²) in [5.74, 6) is -0.415. The van der Waals surface area contributed by atoms with E-state index in [-0.39, 0.29) is 43.0 Å². The van der Waals surface area contributed by atoms with Gasteiger partial charge in [-0.15, -0.1) is 11.3 Å². The SMILES string of the molecule is O=C(CCc1ncc(-c2ccccc2F)o1)NCCN1C(=O)S/C(=C\c2cccs2)C1=O. The minimum atomic E-state index is -0.412. The topological polar surface area (TPSA) is 92.5 Å². The van der Waals surface area contributed by atoms with E-state index in [1.165, 1.54) is 23.6 Å². The number of rotatable bonds is 8. The number of nitrogens with zero attached hydrogens (tertiary/aromatic N) is 2. The zero-order chi connectivity index (χ0) is 22.5. The van der Waals surface area contributed by atoms with Crippen LogP contribution in [0.5, 0.6) is 0 Å². The Labute approximate surface area is 191 Å². The molecule has 0 aliphatic carbocycles. The minimum absolute atomic E-state index is 0.0919. The van der Waals surface area contributed by atoms with Crippen LogP contribution in [0, 0.1) is 5.82 Å². The van der Waals surface area contributed by atoms with Crippen LogP contribution in [0.2, 0.25) is 0 Å². The van der Waals surface area contributed by atoms with E-state index in [1.807, 2.05) is 17.5 Å². The molecule has 1 aromatic carbocycles. The Morgan fingerprint density at radius 2 is 2.06 bits per heavy atom. The minimum Gasteiger partial charge on any atom is -0.441 e. The molecule has 0 atom stereocenters. The molecule has 0 bridgehead atoms. The normalized spacial score (nSPS) is 15.0. The van der Waals surface area contributed by atoms with Gasteiger partial charge in [0.15, 0.2) is 11.7 Å². The molecule has 0 spiro atoms. The summed E-state index contributed by atoms with van der Waals surface area (Å²) in [5.41, 5.74) is 0.306. The number of aromatic nitrogens is 1. The monoisotopic (exact) mass is 471 g/mol. The highest BCUT2D eigenvalue weighted by Gasteiger charge is 2.34. The molecule has 164 valence electrons. The number of carbonyl (C=O) groups is 3. The molecule has 0 unspecified atom stereocenters. The molecule has 3 amide bonds. The third kappa shape index (κ3) is 5.14. The number of oxazole rings is 1. The van der Waals surface area contributed by atoms with Crippen molar-refractivity contribution >= 4 is 46.2 Å². The summed E-state index contributed by atoms with van der Waals surface area (Å²) in [6.07, 6.45) is 3.47. The lowest BCUT2D eigenvalue weighted by Gasteiger charge is -2.12. The number of imide groups is 1. The van der Waals surface area contributed by atoms with Crippen LogP contribution in [0.1, 0.15) is 17.2 Å². The van der Waals surface area contributed by atoms with E-state index < -0.39 is 5.82 Å². The maximum Gasteiger partial charge on any atom is 0.293 e. The first-order valence-electron chi connectivity index (χ1n) is 9.76. The summed E-state index contributed by atoms with van der Waals surface area (Å²) in [4.78, 5) is 43.2. The molecule has 7 nitrogen and oxygen atoms in total. The molecule has 2 aromatic heterocycles. The molecule has 0 saturated carbocycles. The maximum atomic E-state index is 13.8. The van der Waals surface area contributed by atoms with Crippen LogP contribution < -0.4 is 5.32 Å². The van der Waals surface area contributed by atoms with Crippen molar-refractivity contribution in [2.45, 2.75) is 12.8 Å². The van der Waals surface area contributed by atoms with Crippen LogP contribution in [-0.4, -0.2) is 40.0 Å². The molecule has 1 aliphatic rings. The molecule has 3 aromatic rings. The van der Waals surface area contributed by atoms with Crippen molar-refractivity contribution < 1.29 is 23.2 Å². The van der Waals surface area contributed by atoms with Gasteiger partial charge in [-0.2, -0.15) is 0 Å². The number of benzene rings is 1. The molecular weight excluding hydrogens is 453 g/mol. The lowest BCUT2D eigenvalue weighted by atomic mass is 10.2. The second-order valence-corrected chi connectivity index (χ2v) is 8.77. The van der Waals surface area contributed by atoms with Gasteiger partial charge in [-0.3, -0.25) is 19.3 Å². The van der Waals surface area contributed by atoms with Crippen LogP contribution in [-0.2, 0) is 16.0 Å². The Morgan fingerprint density at radius 3 is 2.84 bits per heavy atom. The van der Waals surface area contributed by atoms with E-state index in [9.17, 15) is 18.8 Å². The zero-order valence-corrected chi connectivity index (χ0v) is 18.4. The molecule has 1 saturated heterocycles. The van der Waals surface area contributed by atoms with Crippen molar-refractivity contribution in [3.8, 4) is 11.3 Å². The van der Waals surface area contributed by atoms with Crippen LogP contribution in [0.25, 0.3) is 17.4 Å². The summed E-state index contributed by atoms with van der Waals surface area (Å²) in [5, 5.41) is 4.23. The lowest BCUT2D eigenvalue weighted by molar-refractivity contribution is -0.124. The molecular formula is C22H18FN3O4S2. The van der Waals surface area contributed by atoms with E-state index in [2.05, 4.69) is 10.3 Å². The Morgan fingerprint density at radius 1 is 1.22 bits per heavy atom. The quantitative estimate of drug-likeness (QED) is 0.492. The number of halogens is 1. The number of nitrogens with one attached hydrogen (secondary N) is 1. The van der Waals surface area contributed by atoms with Crippen molar-refractivity contribution in [3.63, 3.8) is 0 Å². The van der Waals surface area contributed by atoms with Gasteiger partial charge in [-0.1, -0.05) is 18.2 Å². The lowest BCUT2D eigenvalue weighted by Crippen LogP contribution is -2.37. The van der Waals surface area contributed by atoms with E-state index in [4.69, 9.17) is 4.42 Å². The van der Waals surface area contributed by atoms with Gasteiger partial charge in [0.2, 0.25) is 5.91 Å². The molecule has 1 N–H and O–H groups in total. The first kappa shape index (κ1) is 22.0. The highest BCUT2D eigenvalue weighted by atomic mass is 32.2. The van der Waals surface area contributed by atoms with Crippen molar-refractivity contribution in [3.05, 3.63) is 69.5 Å². The maximum absolute atomic E-state index is 13.8. The molecule has 32 heavy (non-hydrogen) atoms. The van der Waals surface area contributed by atoms with E-state index in [0.717, 1.165) is 21.5 Å². The van der Waals surface area contributed by atoms with Gasteiger partial charge < -0.3 is 9.73 Å². The van der Waals surface area contributed by atoms with Gasteiger partial charge in [0.05, 0.1) is 16.7 Å². The van der Waals surface area contributed by atoms with Gasteiger partial charge >= 0.3 is 0 Å². The van der Waals surface area contributed by atoms with E-state index >= 15 is 0 Å². The summed E-state index contributed by atoms with van der Waals surface area (Å²) in [6, 6.07) is 9.95. The van der Waals surface area contributed by atoms with Crippen molar-refractivity contribution in [1.82, 2.24) is 15.2 Å². The predicted octanol–water partition coefficient (Wildman–Crippen LogP) is 4.33. The summed E-state index contributed by atoms with van der Waals surface area (Å²) >= 11 is 2.37. The second kappa shape index (κ2) is 9.92. The van der Waals surface area contributed by atoms with Crippen LogP contribution in [0.3, 0.4) is 0 Å². The summed E-state index contributed by atoms with van der Waals surface area (Å²) in [6.45, 7) is 0.240. The van der Waals surface area contributed by atoms with Crippen LogP contribution >= 0.6 is 23.1 Å². The van der Waals surface area contributed by atoms with Gasteiger partial charge in [-0.05, 0) is 41.4 Å². The highest BCUT2D eigenvalue weighted by molar-refractivity contribution is 8.18. The van der Waals surface area contributed by atoms with Crippen LogP contribution in [0.4, 0.5) is 9.18 Å². The highest BCUT2D eigenvalue weighted by Crippen LogP contribution is 2.32. The first-order chi connectivity index (χ1) is 15.5. The fraction of sp³-hybridized carbons (Fsp3) is 0.182. The Hall–Kier alpha value is -3.24. The molecule has 0 radical (unpaired) electrons. The molecule has 3 heterocycles. The van der Waals surface area contributed by atoms with Gasteiger partial charge in [0, 0.05) is 30.8 Å². The van der Waals surface area contributed by atoms with E-state index in [1.54, 1.807) is 24.3 Å². The molecule has 1 aliphatic heterocycles.